The second kappa shape index (κ2) is 6.67. The van der Waals surface area contributed by atoms with Crippen molar-refractivity contribution in [2.75, 3.05) is 11.9 Å². The number of hydrogen-bond donors (Lipinski definition) is 2. The van der Waals surface area contributed by atoms with Gasteiger partial charge in [0.2, 0.25) is 0 Å². The minimum atomic E-state index is -1.16. The van der Waals surface area contributed by atoms with Crippen LogP contribution in [0.5, 0.6) is 0 Å². The Labute approximate surface area is 137 Å². The topological polar surface area (TPSA) is 32.3 Å². The third-order valence-electron chi connectivity index (χ3n) is 4.07. The van der Waals surface area contributed by atoms with Gasteiger partial charge in [0.25, 0.3) is 0 Å². The third kappa shape index (κ3) is 2.99. The van der Waals surface area contributed by atoms with E-state index in [2.05, 4.69) is 12.2 Å². The molecule has 0 unspecified atom stereocenters. The van der Waals surface area contributed by atoms with Crippen LogP contribution in [-0.2, 0) is 5.60 Å². The van der Waals surface area contributed by atoms with Gasteiger partial charge in [0.15, 0.2) is 0 Å². The molecule has 116 valence electrons. The summed E-state index contributed by atoms with van der Waals surface area (Å²) in [5, 5.41) is 14.9. The fourth-order valence-electron chi connectivity index (χ4n) is 2.89. The quantitative estimate of drug-likeness (QED) is 0.685. The predicted octanol–water partition coefficient (Wildman–Crippen LogP) is 4.40. The van der Waals surface area contributed by atoms with Crippen molar-refractivity contribution in [2.45, 2.75) is 12.5 Å². The molecule has 0 fully saturated rings. The molecule has 0 amide bonds. The van der Waals surface area contributed by atoms with Gasteiger partial charge in [0, 0.05) is 12.2 Å². The molecule has 2 heteroatoms. The number of rotatable bonds is 5. The van der Waals surface area contributed by atoms with Gasteiger partial charge in [-0.2, -0.15) is 0 Å². The summed E-state index contributed by atoms with van der Waals surface area (Å²) in [4.78, 5) is 0. The number of aliphatic hydroxyl groups is 1. The zero-order chi connectivity index (χ0) is 16.1. The molecule has 0 aromatic heterocycles. The fraction of sp³-hybridized carbons (Fsp3) is 0.143. The van der Waals surface area contributed by atoms with Crippen LogP contribution in [0.15, 0.2) is 84.9 Å². The number of hydrogen-bond acceptors (Lipinski definition) is 2. The maximum atomic E-state index is 11.6. The van der Waals surface area contributed by atoms with Crippen molar-refractivity contribution >= 4 is 5.69 Å². The molecule has 0 heterocycles. The van der Waals surface area contributed by atoms with Crippen LogP contribution in [0.3, 0.4) is 0 Å². The molecule has 2 nitrogen and oxygen atoms in total. The van der Waals surface area contributed by atoms with E-state index in [9.17, 15) is 5.11 Å². The molecular weight excluding hydrogens is 282 g/mol. The van der Waals surface area contributed by atoms with Crippen LogP contribution in [0.2, 0.25) is 0 Å². The molecule has 0 bridgehead atoms. The van der Waals surface area contributed by atoms with E-state index >= 15 is 0 Å². The molecule has 0 aliphatic rings. The minimum Gasteiger partial charge on any atom is -0.385 e. The summed E-state index contributed by atoms with van der Waals surface area (Å²) in [5.74, 6) is 0. The zero-order valence-electron chi connectivity index (χ0n) is 13.2. The first-order valence-electron chi connectivity index (χ1n) is 7.93. The Balaban J connectivity index is 2.13. The van der Waals surface area contributed by atoms with E-state index in [1.54, 1.807) is 0 Å². The lowest BCUT2D eigenvalue weighted by atomic mass is 9.80. The summed E-state index contributed by atoms with van der Waals surface area (Å²) >= 11 is 0. The average molecular weight is 303 g/mol. The second-order valence-electron chi connectivity index (χ2n) is 5.55. The van der Waals surface area contributed by atoms with Crippen LogP contribution in [0.4, 0.5) is 5.69 Å². The van der Waals surface area contributed by atoms with Crippen molar-refractivity contribution in [3.8, 4) is 0 Å². The highest BCUT2D eigenvalue weighted by atomic mass is 16.3. The van der Waals surface area contributed by atoms with E-state index in [-0.39, 0.29) is 0 Å². The van der Waals surface area contributed by atoms with Gasteiger partial charge in [-0.25, -0.2) is 0 Å². The number of nitrogens with one attached hydrogen (secondary N) is 1. The highest BCUT2D eigenvalue weighted by Crippen LogP contribution is 2.36. The summed E-state index contributed by atoms with van der Waals surface area (Å²) in [7, 11) is 0. The summed E-state index contributed by atoms with van der Waals surface area (Å²) in [6, 6.07) is 27.6. The molecule has 0 radical (unpaired) electrons. The first-order valence-corrected chi connectivity index (χ1v) is 7.93. The molecule has 0 atom stereocenters. The molecule has 0 saturated carbocycles. The van der Waals surface area contributed by atoms with Crippen molar-refractivity contribution in [1.82, 2.24) is 0 Å². The largest absolute Gasteiger partial charge is 0.385 e. The highest BCUT2D eigenvalue weighted by molar-refractivity contribution is 5.51. The van der Waals surface area contributed by atoms with Crippen LogP contribution in [0.1, 0.15) is 23.6 Å². The molecule has 0 aliphatic heterocycles. The van der Waals surface area contributed by atoms with Crippen LogP contribution < -0.4 is 5.32 Å². The van der Waals surface area contributed by atoms with E-state index in [0.29, 0.717) is 0 Å². The number of anilines is 1. The summed E-state index contributed by atoms with van der Waals surface area (Å²) in [6.07, 6.45) is 0. The van der Waals surface area contributed by atoms with E-state index in [4.69, 9.17) is 0 Å². The monoisotopic (exact) mass is 303 g/mol. The molecular formula is C21H21NO. The van der Waals surface area contributed by atoms with Crippen LogP contribution in [0.25, 0.3) is 0 Å². The Hall–Kier alpha value is -2.58. The van der Waals surface area contributed by atoms with E-state index in [0.717, 1.165) is 28.9 Å². The van der Waals surface area contributed by atoms with Gasteiger partial charge < -0.3 is 10.4 Å². The SMILES string of the molecule is CCNc1ccc(C(O)(c2ccccc2)c2ccccc2)cc1. The maximum absolute atomic E-state index is 11.6. The first kappa shape index (κ1) is 15.3. The summed E-state index contributed by atoms with van der Waals surface area (Å²) in [5.41, 5.74) is 2.48. The van der Waals surface area contributed by atoms with E-state index in [1.807, 2.05) is 84.9 Å². The van der Waals surface area contributed by atoms with Gasteiger partial charge in [0.05, 0.1) is 0 Å². The summed E-state index contributed by atoms with van der Waals surface area (Å²) in [6.45, 7) is 2.94. The normalized spacial score (nSPS) is 11.2. The predicted molar refractivity (Wildman–Crippen MR) is 95.6 cm³/mol. The van der Waals surface area contributed by atoms with Gasteiger partial charge in [-0.1, -0.05) is 72.8 Å². The second-order valence-corrected chi connectivity index (χ2v) is 5.55. The van der Waals surface area contributed by atoms with Gasteiger partial charge in [0.1, 0.15) is 5.60 Å². The van der Waals surface area contributed by atoms with Gasteiger partial charge in [-0.15, -0.1) is 0 Å². The lowest BCUT2D eigenvalue weighted by molar-refractivity contribution is 0.126. The summed E-state index contributed by atoms with van der Waals surface area (Å²) < 4.78 is 0. The zero-order valence-corrected chi connectivity index (χ0v) is 13.2. The Bertz CT molecular complexity index is 696. The standard InChI is InChI=1S/C21H21NO/c1-2-22-20-15-13-19(14-16-20)21(23,17-9-5-3-6-10-17)18-11-7-4-8-12-18/h3-16,22-23H,2H2,1H3. The lowest BCUT2D eigenvalue weighted by Gasteiger charge is -2.30. The van der Waals surface area contributed by atoms with Crippen molar-refractivity contribution in [3.05, 3.63) is 102 Å². The highest BCUT2D eigenvalue weighted by Gasteiger charge is 2.33. The van der Waals surface area contributed by atoms with Crippen molar-refractivity contribution in [1.29, 1.82) is 0 Å². The van der Waals surface area contributed by atoms with E-state index in [1.165, 1.54) is 0 Å². The molecule has 3 aromatic carbocycles. The molecule has 3 aromatic rings. The molecule has 0 spiro atoms. The van der Waals surface area contributed by atoms with Crippen molar-refractivity contribution in [2.24, 2.45) is 0 Å². The Morgan fingerprint density at radius 2 is 1.13 bits per heavy atom. The molecule has 23 heavy (non-hydrogen) atoms. The first-order chi connectivity index (χ1) is 11.2. The van der Waals surface area contributed by atoms with Crippen molar-refractivity contribution in [3.63, 3.8) is 0 Å². The molecule has 3 rings (SSSR count). The third-order valence-corrected chi connectivity index (χ3v) is 4.07. The Kier molecular flexibility index (Phi) is 4.45. The molecule has 0 saturated heterocycles. The smallest absolute Gasteiger partial charge is 0.140 e. The lowest BCUT2D eigenvalue weighted by Crippen LogP contribution is -2.28. The maximum Gasteiger partial charge on any atom is 0.140 e. The fourth-order valence-corrected chi connectivity index (χ4v) is 2.89. The van der Waals surface area contributed by atoms with Gasteiger partial charge in [-0.3, -0.25) is 0 Å². The molecule has 2 N–H and O–H groups in total. The minimum absolute atomic E-state index is 0.858. The van der Waals surface area contributed by atoms with Crippen LogP contribution >= 0.6 is 0 Å². The molecule has 0 aliphatic carbocycles. The van der Waals surface area contributed by atoms with E-state index < -0.39 is 5.60 Å². The van der Waals surface area contributed by atoms with Crippen molar-refractivity contribution < 1.29 is 5.11 Å². The van der Waals surface area contributed by atoms with Gasteiger partial charge in [-0.05, 0) is 35.7 Å². The average Bonchev–Trinajstić information content (AvgIpc) is 2.63. The van der Waals surface area contributed by atoms with Crippen LogP contribution in [0, 0.1) is 0 Å². The Morgan fingerprint density at radius 1 is 0.696 bits per heavy atom. The van der Waals surface area contributed by atoms with Crippen LogP contribution in [-0.4, -0.2) is 11.7 Å². The number of benzene rings is 3. The van der Waals surface area contributed by atoms with Gasteiger partial charge >= 0.3 is 0 Å². The Morgan fingerprint density at radius 3 is 1.57 bits per heavy atom.